The summed E-state index contributed by atoms with van der Waals surface area (Å²) in [4.78, 5) is 0. The lowest BCUT2D eigenvalue weighted by molar-refractivity contribution is 0.230. The molecule has 1 aromatic heterocycles. The molecule has 4 nitrogen and oxygen atoms in total. The van der Waals surface area contributed by atoms with Crippen molar-refractivity contribution in [1.82, 2.24) is 9.78 Å². The van der Waals surface area contributed by atoms with Gasteiger partial charge in [0.15, 0.2) is 0 Å². The average molecular weight is 141 g/mol. The van der Waals surface area contributed by atoms with E-state index in [1.54, 1.807) is 16.9 Å². The van der Waals surface area contributed by atoms with Gasteiger partial charge in [0, 0.05) is 6.20 Å². The third-order valence-electron chi connectivity index (χ3n) is 1.34. The molecule has 0 saturated heterocycles. The summed E-state index contributed by atoms with van der Waals surface area (Å²) in [5.74, 6) is 0.486. The van der Waals surface area contributed by atoms with Crippen LogP contribution >= 0.6 is 0 Å². The third kappa shape index (κ3) is 1.27. The first-order valence-electron chi connectivity index (χ1n) is 3.15. The van der Waals surface area contributed by atoms with Crippen LogP contribution in [-0.4, -0.2) is 21.5 Å². The van der Waals surface area contributed by atoms with E-state index >= 15 is 0 Å². The van der Waals surface area contributed by atoms with Crippen LogP contribution in [0, 0.1) is 0 Å². The molecule has 0 fully saturated rings. The first kappa shape index (κ1) is 7.08. The van der Waals surface area contributed by atoms with Gasteiger partial charge in [-0.15, -0.1) is 0 Å². The second-order valence-electron chi connectivity index (χ2n) is 2.25. The molecule has 0 saturated carbocycles. The molecular weight excluding hydrogens is 130 g/mol. The Labute approximate surface area is 59.3 Å². The maximum Gasteiger partial charge on any atom is 0.145 e. The van der Waals surface area contributed by atoms with Crippen molar-refractivity contribution in [2.45, 2.75) is 13.0 Å². The molecule has 1 heterocycles. The first-order valence-corrected chi connectivity index (χ1v) is 3.15. The largest absolute Gasteiger partial charge is 0.394 e. The Balaban J connectivity index is 2.74. The molecule has 56 valence electrons. The lowest BCUT2D eigenvalue weighted by Gasteiger charge is -2.06. The van der Waals surface area contributed by atoms with Crippen LogP contribution in [0.25, 0.3) is 0 Å². The highest BCUT2D eigenvalue weighted by Gasteiger charge is 2.01. The Hall–Kier alpha value is -1.03. The van der Waals surface area contributed by atoms with E-state index < -0.39 is 0 Å². The van der Waals surface area contributed by atoms with Crippen LogP contribution in [0.3, 0.4) is 0 Å². The van der Waals surface area contributed by atoms with Crippen LogP contribution in [0.1, 0.15) is 13.0 Å². The maximum absolute atomic E-state index is 8.70. The summed E-state index contributed by atoms with van der Waals surface area (Å²) in [6, 6.07) is 1.71. The van der Waals surface area contributed by atoms with Crippen molar-refractivity contribution in [3.63, 3.8) is 0 Å². The number of hydrogen-bond acceptors (Lipinski definition) is 3. The normalized spacial score (nSPS) is 13.4. The molecule has 0 aliphatic heterocycles. The Kier molecular flexibility index (Phi) is 1.91. The number of hydrogen-bond donors (Lipinski definition) is 2. The number of aromatic nitrogens is 2. The van der Waals surface area contributed by atoms with Crippen molar-refractivity contribution in [2.75, 3.05) is 12.3 Å². The Morgan fingerprint density at radius 3 is 3.00 bits per heavy atom. The van der Waals surface area contributed by atoms with Gasteiger partial charge in [-0.3, -0.25) is 4.68 Å². The van der Waals surface area contributed by atoms with Crippen molar-refractivity contribution in [1.29, 1.82) is 0 Å². The SMILES string of the molecule is C[C@@H](CO)n1ccc(N)n1. The van der Waals surface area contributed by atoms with Gasteiger partial charge in [-0.25, -0.2) is 0 Å². The molecule has 0 spiro atoms. The minimum atomic E-state index is 0.0114. The van der Waals surface area contributed by atoms with Crippen molar-refractivity contribution >= 4 is 5.82 Å². The molecule has 0 amide bonds. The van der Waals surface area contributed by atoms with Gasteiger partial charge in [0.05, 0.1) is 12.6 Å². The van der Waals surface area contributed by atoms with E-state index in [0.29, 0.717) is 5.82 Å². The summed E-state index contributed by atoms with van der Waals surface area (Å²) < 4.78 is 1.63. The van der Waals surface area contributed by atoms with Gasteiger partial charge in [0.1, 0.15) is 5.82 Å². The first-order chi connectivity index (χ1) is 4.74. The van der Waals surface area contributed by atoms with Crippen molar-refractivity contribution in [3.05, 3.63) is 12.3 Å². The zero-order valence-corrected chi connectivity index (χ0v) is 5.86. The lowest BCUT2D eigenvalue weighted by atomic mass is 10.4. The van der Waals surface area contributed by atoms with E-state index in [1.165, 1.54) is 0 Å². The van der Waals surface area contributed by atoms with E-state index in [4.69, 9.17) is 10.8 Å². The predicted octanol–water partition coefficient (Wildman–Crippen LogP) is 0.0186. The smallest absolute Gasteiger partial charge is 0.145 e. The minimum Gasteiger partial charge on any atom is -0.394 e. The number of nitrogens with two attached hydrogens (primary N) is 1. The zero-order valence-electron chi connectivity index (χ0n) is 5.86. The van der Waals surface area contributed by atoms with Crippen molar-refractivity contribution in [3.8, 4) is 0 Å². The molecule has 1 atom stereocenters. The number of nitrogen functional groups attached to an aromatic ring is 1. The van der Waals surface area contributed by atoms with Gasteiger partial charge in [-0.1, -0.05) is 0 Å². The fraction of sp³-hybridized carbons (Fsp3) is 0.500. The molecule has 3 N–H and O–H groups in total. The van der Waals surface area contributed by atoms with E-state index in [0.717, 1.165) is 0 Å². The molecule has 4 heteroatoms. The predicted molar refractivity (Wildman–Crippen MR) is 38.4 cm³/mol. The summed E-state index contributed by atoms with van der Waals surface area (Å²) in [6.07, 6.45) is 1.75. The molecule has 0 aliphatic rings. The number of nitrogens with zero attached hydrogens (tertiary/aromatic N) is 2. The van der Waals surface area contributed by atoms with E-state index in [9.17, 15) is 0 Å². The quantitative estimate of drug-likeness (QED) is 0.610. The molecule has 10 heavy (non-hydrogen) atoms. The Morgan fingerprint density at radius 2 is 2.60 bits per heavy atom. The summed E-state index contributed by atoms with van der Waals surface area (Å²) >= 11 is 0. The molecular formula is C6H11N3O. The van der Waals surface area contributed by atoms with Crippen LogP contribution in [0.15, 0.2) is 12.3 Å². The van der Waals surface area contributed by atoms with E-state index in [-0.39, 0.29) is 12.6 Å². The average Bonchev–Trinajstić information content (AvgIpc) is 2.34. The number of aliphatic hydroxyl groups is 1. The van der Waals surface area contributed by atoms with Gasteiger partial charge in [-0.05, 0) is 13.0 Å². The lowest BCUT2D eigenvalue weighted by Crippen LogP contribution is -2.09. The van der Waals surface area contributed by atoms with Gasteiger partial charge < -0.3 is 10.8 Å². The number of aliphatic hydroxyl groups excluding tert-OH is 1. The zero-order chi connectivity index (χ0) is 7.56. The van der Waals surface area contributed by atoms with Gasteiger partial charge >= 0.3 is 0 Å². The van der Waals surface area contributed by atoms with E-state index in [2.05, 4.69) is 5.10 Å². The van der Waals surface area contributed by atoms with Gasteiger partial charge in [0.25, 0.3) is 0 Å². The van der Waals surface area contributed by atoms with Gasteiger partial charge in [0.2, 0.25) is 0 Å². The molecule has 0 aliphatic carbocycles. The minimum absolute atomic E-state index is 0.0114. The fourth-order valence-electron chi connectivity index (χ4n) is 0.682. The standard InChI is InChI=1S/C6H11N3O/c1-5(4-10)9-3-2-6(7)8-9/h2-3,5,10H,4H2,1H3,(H2,7,8)/t5-/m0/s1. The van der Waals surface area contributed by atoms with Crippen molar-refractivity contribution < 1.29 is 5.11 Å². The monoisotopic (exact) mass is 141 g/mol. The number of anilines is 1. The van der Waals surface area contributed by atoms with Crippen LogP contribution in [0.5, 0.6) is 0 Å². The number of rotatable bonds is 2. The summed E-state index contributed by atoms with van der Waals surface area (Å²) in [7, 11) is 0. The summed E-state index contributed by atoms with van der Waals surface area (Å²) in [5.41, 5.74) is 5.36. The summed E-state index contributed by atoms with van der Waals surface area (Å²) in [6.45, 7) is 1.95. The summed E-state index contributed by atoms with van der Waals surface area (Å²) in [5, 5.41) is 12.6. The second-order valence-corrected chi connectivity index (χ2v) is 2.25. The molecule has 0 aromatic carbocycles. The van der Waals surface area contributed by atoms with Crippen LogP contribution in [0.4, 0.5) is 5.82 Å². The highest BCUT2D eigenvalue weighted by Crippen LogP contribution is 2.04. The van der Waals surface area contributed by atoms with E-state index in [1.807, 2.05) is 6.92 Å². The third-order valence-corrected chi connectivity index (χ3v) is 1.34. The maximum atomic E-state index is 8.70. The highest BCUT2D eigenvalue weighted by atomic mass is 16.3. The molecule has 0 bridgehead atoms. The Bertz CT molecular complexity index is 209. The fourth-order valence-corrected chi connectivity index (χ4v) is 0.682. The Morgan fingerprint density at radius 1 is 1.90 bits per heavy atom. The van der Waals surface area contributed by atoms with Crippen LogP contribution < -0.4 is 5.73 Å². The topological polar surface area (TPSA) is 64.1 Å². The van der Waals surface area contributed by atoms with Crippen LogP contribution in [0.2, 0.25) is 0 Å². The molecule has 1 aromatic rings. The van der Waals surface area contributed by atoms with Gasteiger partial charge in [-0.2, -0.15) is 5.10 Å². The highest BCUT2D eigenvalue weighted by molar-refractivity contribution is 5.23. The molecule has 0 radical (unpaired) electrons. The second kappa shape index (κ2) is 2.70. The van der Waals surface area contributed by atoms with Crippen molar-refractivity contribution in [2.24, 2.45) is 0 Å². The van der Waals surface area contributed by atoms with Crippen LogP contribution in [-0.2, 0) is 0 Å². The molecule has 1 rings (SSSR count). The molecule has 0 unspecified atom stereocenters.